The number of fused-ring (bicyclic) bond motifs is 1. The third-order valence-electron chi connectivity index (χ3n) is 4.46. The molecule has 0 fully saturated rings. The van der Waals surface area contributed by atoms with E-state index in [1.165, 1.54) is 11.3 Å². The molecular weight excluding hydrogens is 410 g/mol. The Bertz CT molecular complexity index is 983. The molecule has 0 aliphatic rings. The van der Waals surface area contributed by atoms with Gasteiger partial charge in [-0.15, -0.1) is 12.4 Å². The third kappa shape index (κ3) is 5.07. The Morgan fingerprint density at radius 3 is 2.55 bits per heavy atom. The summed E-state index contributed by atoms with van der Waals surface area (Å²) in [5.74, 6) is 0.649. The molecule has 0 aliphatic carbocycles. The number of aryl methyl sites for hydroxylation is 1. The lowest BCUT2D eigenvalue weighted by molar-refractivity contribution is 0.0979. The number of carbonyl (C=O) groups is 1. The van der Waals surface area contributed by atoms with Gasteiger partial charge in [0.25, 0.3) is 5.91 Å². The number of rotatable bonds is 7. The van der Waals surface area contributed by atoms with E-state index >= 15 is 0 Å². The van der Waals surface area contributed by atoms with Crippen LogP contribution in [0.1, 0.15) is 36.1 Å². The second-order valence-electron chi connectivity index (χ2n) is 7.30. The number of carbonyl (C=O) groups excluding carboxylic acids is 1. The van der Waals surface area contributed by atoms with Crippen molar-refractivity contribution in [3.05, 3.63) is 35.7 Å². The summed E-state index contributed by atoms with van der Waals surface area (Å²) in [6.07, 6.45) is 0. The van der Waals surface area contributed by atoms with Crippen molar-refractivity contribution in [3.63, 3.8) is 0 Å². The Morgan fingerprint density at radius 1 is 1.24 bits per heavy atom. The highest BCUT2D eigenvalue weighted by molar-refractivity contribution is 7.22. The van der Waals surface area contributed by atoms with Gasteiger partial charge in [-0.25, -0.2) is 4.98 Å². The van der Waals surface area contributed by atoms with Crippen molar-refractivity contribution >= 4 is 45.0 Å². The summed E-state index contributed by atoms with van der Waals surface area (Å²) in [4.78, 5) is 21.8. The lowest BCUT2D eigenvalue weighted by Crippen LogP contribution is -2.37. The summed E-state index contributed by atoms with van der Waals surface area (Å²) in [5, 5.41) is 5.21. The van der Waals surface area contributed by atoms with Crippen LogP contribution in [0.25, 0.3) is 10.2 Å². The third-order valence-corrected chi connectivity index (χ3v) is 5.50. The van der Waals surface area contributed by atoms with E-state index in [1.807, 2.05) is 50.0 Å². The maximum Gasteiger partial charge on any atom is 0.280 e. The van der Waals surface area contributed by atoms with Crippen LogP contribution in [-0.4, -0.2) is 59.9 Å². The number of thiazole rings is 1. The summed E-state index contributed by atoms with van der Waals surface area (Å²) >= 11 is 1.49. The molecule has 0 radical (unpaired) electrons. The average molecular weight is 438 g/mol. The molecule has 7 nitrogen and oxygen atoms in total. The summed E-state index contributed by atoms with van der Waals surface area (Å²) in [5.41, 5.74) is 2.27. The number of methoxy groups -OCH3 is 1. The fourth-order valence-corrected chi connectivity index (χ4v) is 3.99. The number of anilines is 1. The van der Waals surface area contributed by atoms with Crippen molar-refractivity contribution in [2.24, 2.45) is 0 Å². The van der Waals surface area contributed by atoms with Crippen LogP contribution in [0.4, 0.5) is 5.13 Å². The van der Waals surface area contributed by atoms with Gasteiger partial charge in [-0.1, -0.05) is 11.3 Å². The van der Waals surface area contributed by atoms with Gasteiger partial charge in [0.2, 0.25) is 0 Å². The fraction of sp³-hybridized carbons (Fsp3) is 0.450. The molecule has 3 rings (SSSR count). The molecule has 2 aromatic heterocycles. The lowest BCUT2D eigenvalue weighted by atomic mass is 10.3. The van der Waals surface area contributed by atoms with Gasteiger partial charge < -0.3 is 9.64 Å². The van der Waals surface area contributed by atoms with Crippen molar-refractivity contribution < 1.29 is 9.53 Å². The molecule has 0 unspecified atom stereocenters. The van der Waals surface area contributed by atoms with Gasteiger partial charge >= 0.3 is 0 Å². The van der Waals surface area contributed by atoms with Crippen LogP contribution in [0.5, 0.6) is 5.75 Å². The Labute approximate surface area is 181 Å². The van der Waals surface area contributed by atoms with E-state index in [2.05, 4.69) is 23.8 Å². The number of amides is 1. The first-order valence-corrected chi connectivity index (χ1v) is 10.1. The van der Waals surface area contributed by atoms with Gasteiger partial charge in [-0.3, -0.25) is 14.4 Å². The number of benzene rings is 1. The van der Waals surface area contributed by atoms with Gasteiger partial charge in [0, 0.05) is 24.8 Å². The molecule has 0 saturated heterocycles. The standard InChI is InChI=1S/C20H27N5O2S.ClH/c1-13(2)25-14(3)11-17(22-25)19(26)24(10-9-23(4)5)20-21-16-8-7-15(27-6)12-18(16)28-20;/h7-8,11-13H,9-10H2,1-6H3;1H. The number of likely N-dealkylation sites (N-methyl/N-ethyl adjacent to an activating group) is 1. The zero-order chi connectivity index (χ0) is 20.4. The molecule has 0 spiro atoms. The van der Waals surface area contributed by atoms with Gasteiger partial charge in [0.15, 0.2) is 10.8 Å². The van der Waals surface area contributed by atoms with Crippen LogP contribution in [0.3, 0.4) is 0 Å². The zero-order valence-corrected chi connectivity index (χ0v) is 19.3. The van der Waals surface area contributed by atoms with Crippen molar-refractivity contribution in [3.8, 4) is 5.75 Å². The summed E-state index contributed by atoms with van der Waals surface area (Å²) in [6, 6.07) is 7.79. The van der Waals surface area contributed by atoms with E-state index in [1.54, 1.807) is 12.0 Å². The minimum Gasteiger partial charge on any atom is -0.497 e. The monoisotopic (exact) mass is 437 g/mol. The Morgan fingerprint density at radius 2 is 1.97 bits per heavy atom. The molecule has 29 heavy (non-hydrogen) atoms. The van der Waals surface area contributed by atoms with Crippen LogP contribution in [-0.2, 0) is 0 Å². The molecule has 3 aromatic rings. The summed E-state index contributed by atoms with van der Waals surface area (Å²) in [6.45, 7) is 7.35. The highest BCUT2D eigenvalue weighted by atomic mass is 35.5. The number of halogens is 1. The normalized spacial score (nSPS) is 11.2. The van der Waals surface area contributed by atoms with Gasteiger partial charge in [0.1, 0.15) is 5.75 Å². The van der Waals surface area contributed by atoms with Crippen molar-refractivity contribution in [2.75, 3.05) is 39.2 Å². The number of ether oxygens (including phenoxy) is 1. The Balaban J connectivity index is 0.00000300. The summed E-state index contributed by atoms with van der Waals surface area (Å²) in [7, 11) is 5.62. The fourth-order valence-electron chi connectivity index (χ4n) is 2.97. The van der Waals surface area contributed by atoms with Crippen molar-refractivity contribution in [1.29, 1.82) is 0 Å². The molecule has 2 heterocycles. The minimum absolute atomic E-state index is 0. The average Bonchev–Trinajstić information content (AvgIpc) is 3.24. The van der Waals surface area contributed by atoms with E-state index < -0.39 is 0 Å². The van der Waals surface area contributed by atoms with E-state index in [0.717, 1.165) is 28.2 Å². The second-order valence-corrected chi connectivity index (χ2v) is 8.31. The Kier molecular flexibility index (Phi) is 7.62. The molecule has 0 N–H and O–H groups in total. The molecule has 0 bridgehead atoms. The first kappa shape index (κ1) is 23.1. The number of nitrogens with zero attached hydrogens (tertiary/aromatic N) is 5. The Hall–Kier alpha value is -2.16. The van der Waals surface area contributed by atoms with E-state index in [9.17, 15) is 4.79 Å². The number of hydrogen-bond donors (Lipinski definition) is 0. The predicted octanol–water partition coefficient (Wildman–Crippen LogP) is 4.02. The van der Waals surface area contributed by atoms with Gasteiger partial charge in [-0.2, -0.15) is 5.10 Å². The highest BCUT2D eigenvalue weighted by Gasteiger charge is 2.24. The number of aromatic nitrogens is 3. The maximum atomic E-state index is 13.3. The summed E-state index contributed by atoms with van der Waals surface area (Å²) < 4.78 is 8.17. The molecule has 9 heteroatoms. The van der Waals surface area contributed by atoms with Crippen molar-refractivity contribution in [2.45, 2.75) is 26.8 Å². The van der Waals surface area contributed by atoms with Crippen LogP contribution in [0.15, 0.2) is 24.3 Å². The number of hydrogen-bond acceptors (Lipinski definition) is 6. The predicted molar refractivity (Wildman–Crippen MR) is 121 cm³/mol. The smallest absolute Gasteiger partial charge is 0.280 e. The van der Waals surface area contributed by atoms with Crippen molar-refractivity contribution in [1.82, 2.24) is 19.7 Å². The lowest BCUT2D eigenvalue weighted by Gasteiger charge is -2.21. The first-order chi connectivity index (χ1) is 13.3. The van der Waals surface area contributed by atoms with Crippen LogP contribution >= 0.6 is 23.7 Å². The molecule has 1 amide bonds. The SMILES string of the molecule is COc1ccc2nc(N(CCN(C)C)C(=O)c3cc(C)n(C(C)C)n3)sc2c1.Cl. The molecule has 0 aliphatic heterocycles. The molecule has 0 atom stereocenters. The van der Waals surface area contributed by atoms with E-state index in [0.29, 0.717) is 17.4 Å². The highest BCUT2D eigenvalue weighted by Crippen LogP contribution is 2.32. The topological polar surface area (TPSA) is 63.5 Å². The molecule has 1 aromatic carbocycles. The minimum atomic E-state index is -0.129. The molecule has 158 valence electrons. The van der Waals surface area contributed by atoms with Gasteiger partial charge in [0.05, 0.1) is 17.3 Å². The largest absolute Gasteiger partial charge is 0.497 e. The quantitative estimate of drug-likeness (QED) is 0.558. The molecular formula is C20H28ClN5O2S. The zero-order valence-electron chi connectivity index (χ0n) is 17.7. The van der Waals surface area contributed by atoms with E-state index in [-0.39, 0.29) is 24.4 Å². The van der Waals surface area contributed by atoms with Gasteiger partial charge in [-0.05, 0) is 59.1 Å². The van der Waals surface area contributed by atoms with Crippen LogP contribution in [0, 0.1) is 6.92 Å². The first-order valence-electron chi connectivity index (χ1n) is 9.27. The van der Waals surface area contributed by atoms with Crippen LogP contribution in [0.2, 0.25) is 0 Å². The molecule has 0 saturated carbocycles. The van der Waals surface area contributed by atoms with E-state index in [4.69, 9.17) is 9.72 Å². The van der Waals surface area contributed by atoms with Crippen LogP contribution < -0.4 is 9.64 Å². The maximum absolute atomic E-state index is 13.3. The second kappa shape index (κ2) is 9.56.